The van der Waals surface area contributed by atoms with E-state index in [0.717, 1.165) is 31.2 Å². The van der Waals surface area contributed by atoms with Crippen LogP contribution in [0.3, 0.4) is 0 Å². The van der Waals surface area contributed by atoms with Gasteiger partial charge in [0.1, 0.15) is 0 Å². The Labute approximate surface area is 130 Å². The topological polar surface area (TPSA) is 17.1 Å². The van der Waals surface area contributed by atoms with Crippen molar-refractivity contribution >= 4 is 43.8 Å². The number of hydrogen-bond donors (Lipinski definition) is 0. The van der Waals surface area contributed by atoms with Gasteiger partial charge < -0.3 is 0 Å². The number of halogens is 1. The maximum absolute atomic E-state index is 12.6. The molecule has 0 atom stereocenters. The zero-order valence-corrected chi connectivity index (χ0v) is 13.6. The van der Waals surface area contributed by atoms with Crippen LogP contribution in [-0.2, 0) is 0 Å². The van der Waals surface area contributed by atoms with Crippen LogP contribution < -0.4 is 0 Å². The first-order valence-corrected chi connectivity index (χ1v) is 7.96. The summed E-state index contributed by atoms with van der Waals surface area (Å²) in [5.74, 6) is 0.108. The van der Waals surface area contributed by atoms with E-state index in [4.69, 9.17) is 0 Å². The standard InChI is InChI=1S/C17H13BrOS/c1-10-7-16(11(2)20-10)17(19)14-4-3-13-9-15(18)6-5-12(13)8-14/h3-9H,1-2H3. The molecule has 1 aromatic heterocycles. The second kappa shape index (κ2) is 5.15. The molecule has 1 nitrogen and oxygen atoms in total. The molecular weight excluding hydrogens is 332 g/mol. The average Bonchev–Trinajstić information content (AvgIpc) is 2.76. The van der Waals surface area contributed by atoms with Crippen molar-refractivity contribution in [3.8, 4) is 0 Å². The number of carbonyl (C=O) groups is 1. The van der Waals surface area contributed by atoms with Gasteiger partial charge in [-0.2, -0.15) is 0 Å². The largest absolute Gasteiger partial charge is 0.289 e. The smallest absolute Gasteiger partial charge is 0.194 e. The highest BCUT2D eigenvalue weighted by atomic mass is 79.9. The van der Waals surface area contributed by atoms with Crippen LogP contribution in [0.2, 0.25) is 0 Å². The monoisotopic (exact) mass is 344 g/mol. The minimum Gasteiger partial charge on any atom is -0.289 e. The van der Waals surface area contributed by atoms with E-state index in [1.807, 2.05) is 50.2 Å². The fraction of sp³-hybridized carbons (Fsp3) is 0.118. The predicted octanol–water partition coefficient (Wildman–Crippen LogP) is 5.51. The molecule has 1 heterocycles. The van der Waals surface area contributed by atoms with Crippen molar-refractivity contribution in [3.63, 3.8) is 0 Å². The summed E-state index contributed by atoms with van der Waals surface area (Å²) in [6.45, 7) is 4.04. The van der Waals surface area contributed by atoms with Crippen molar-refractivity contribution in [3.05, 3.63) is 67.8 Å². The number of benzene rings is 2. The Morgan fingerprint density at radius 3 is 2.40 bits per heavy atom. The van der Waals surface area contributed by atoms with Gasteiger partial charge in [0.05, 0.1) is 0 Å². The van der Waals surface area contributed by atoms with Crippen LogP contribution in [-0.4, -0.2) is 5.78 Å². The van der Waals surface area contributed by atoms with Crippen molar-refractivity contribution in [1.82, 2.24) is 0 Å². The SMILES string of the molecule is Cc1cc(C(=O)c2ccc3cc(Br)ccc3c2)c(C)s1. The highest BCUT2D eigenvalue weighted by Crippen LogP contribution is 2.26. The molecule has 0 N–H and O–H groups in total. The van der Waals surface area contributed by atoms with E-state index in [-0.39, 0.29) is 5.78 Å². The molecule has 0 aliphatic heterocycles. The molecule has 0 spiro atoms. The van der Waals surface area contributed by atoms with Crippen LogP contribution in [0, 0.1) is 13.8 Å². The van der Waals surface area contributed by atoms with Crippen molar-refractivity contribution in [2.24, 2.45) is 0 Å². The predicted molar refractivity (Wildman–Crippen MR) is 88.9 cm³/mol. The molecule has 0 unspecified atom stereocenters. The molecule has 0 saturated carbocycles. The molecule has 0 fully saturated rings. The minimum absolute atomic E-state index is 0.108. The van der Waals surface area contributed by atoms with Crippen LogP contribution in [0.15, 0.2) is 46.9 Å². The van der Waals surface area contributed by atoms with E-state index in [0.29, 0.717) is 0 Å². The highest BCUT2D eigenvalue weighted by Gasteiger charge is 2.14. The Hall–Kier alpha value is -1.45. The summed E-state index contributed by atoms with van der Waals surface area (Å²) < 4.78 is 1.05. The summed E-state index contributed by atoms with van der Waals surface area (Å²) in [6, 6.07) is 13.9. The van der Waals surface area contributed by atoms with Crippen molar-refractivity contribution < 1.29 is 4.79 Å². The third kappa shape index (κ3) is 2.43. The summed E-state index contributed by atoms with van der Waals surface area (Å²) in [4.78, 5) is 14.9. The Morgan fingerprint density at radius 2 is 1.70 bits per heavy atom. The fourth-order valence-corrected chi connectivity index (χ4v) is 3.67. The summed E-state index contributed by atoms with van der Waals surface area (Å²) in [7, 11) is 0. The van der Waals surface area contributed by atoms with E-state index >= 15 is 0 Å². The second-order valence-electron chi connectivity index (χ2n) is 4.86. The zero-order valence-electron chi connectivity index (χ0n) is 11.2. The van der Waals surface area contributed by atoms with Gasteiger partial charge in [0, 0.05) is 25.4 Å². The van der Waals surface area contributed by atoms with E-state index in [2.05, 4.69) is 22.0 Å². The summed E-state index contributed by atoms with van der Waals surface area (Å²) >= 11 is 5.13. The quantitative estimate of drug-likeness (QED) is 0.560. The van der Waals surface area contributed by atoms with Gasteiger partial charge in [-0.25, -0.2) is 0 Å². The number of thiophene rings is 1. The van der Waals surface area contributed by atoms with E-state index in [1.54, 1.807) is 11.3 Å². The van der Waals surface area contributed by atoms with Crippen molar-refractivity contribution in [1.29, 1.82) is 0 Å². The number of hydrogen-bond acceptors (Lipinski definition) is 2. The lowest BCUT2D eigenvalue weighted by Gasteiger charge is -2.04. The normalized spacial score (nSPS) is 10.9. The van der Waals surface area contributed by atoms with Gasteiger partial charge in [-0.3, -0.25) is 4.79 Å². The lowest BCUT2D eigenvalue weighted by Crippen LogP contribution is -2.01. The molecule has 20 heavy (non-hydrogen) atoms. The molecular formula is C17H13BrOS. The molecule has 0 aliphatic carbocycles. The first kappa shape index (κ1) is 13.5. The summed E-state index contributed by atoms with van der Waals surface area (Å²) in [5.41, 5.74) is 1.57. The maximum atomic E-state index is 12.6. The third-order valence-corrected chi connectivity index (χ3v) is 4.81. The second-order valence-corrected chi connectivity index (χ2v) is 7.24. The Kier molecular flexibility index (Phi) is 3.48. The summed E-state index contributed by atoms with van der Waals surface area (Å²) in [5, 5.41) is 2.22. The fourth-order valence-electron chi connectivity index (χ4n) is 2.37. The Balaban J connectivity index is 2.08. The van der Waals surface area contributed by atoms with Gasteiger partial charge in [0.2, 0.25) is 0 Å². The van der Waals surface area contributed by atoms with Crippen LogP contribution in [0.1, 0.15) is 25.7 Å². The molecule has 0 radical (unpaired) electrons. The number of ketones is 1. The lowest BCUT2D eigenvalue weighted by molar-refractivity contribution is 0.103. The molecule has 0 saturated heterocycles. The van der Waals surface area contributed by atoms with E-state index < -0.39 is 0 Å². The Bertz CT molecular complexity index is 817. The number of fused-ring (bicyclic) bond motifs is 1. The van der Waals surface area contributed by atoms with E-state index in [9.17, 15) is 4.79 Å². The van der Waals surface area contributed by atoms with Gasteiger partial charge in [0.15, 0.2) is 5.78 Å². The number of rotatable bonds is 2. The third-order valence-electron chi connectivity index (χ3n) is 3.35. The average molecular weight is 345 g/mol. The van der Waals surface area contributed by atoms with Gasteiger partial charge in [-0.15, -0.1) is 11.3 Å². The van der Waals surface area contributed by atoms with Crippen molar-refractivity contribution in [2.45, 2.75) is 13.8 Å². The first-order valence-electron chi connectivity index (χ1n) is 6.35. The van der Waals surface area contributed by atoms with Gasteiger partial charge >= 0.3 is 0 Å². The highest BCUT2D eigenvalue weighted by molar-refractivity contribution is 9.10. The lowest BCUT2D eigenvalue weighted by atomic mass is 10.0. The molecule has 0 amide bonds. The molecule has 100 valence electrons. The van der Waals surface area contributed by atoms with Crippen LogP contribution in [0.25, 0.3) is 10.8 Å². The van der Waals surface area contributed by atoms with E-state index in [1.165, 1.54) is 4.88 Å². The van der Waals surface area contributed by atoms with Crippen LogP contribution in [0.4, 0.5) is 0 Å². The first-order chi connectivity index (χ1) is 9.54. The van der Waals surface area contributed by atoms with Gasteiger partial charge in [0.25, 0.3) is 0 Å². The Morgan fingerprint density at radius 1 is 1.00 bits per heavy atom. The van der Waals surface area contributed by atoms with Crippen molar-refractivity contribution in [2.75, 3.05) is 0 Å². The molecule has 3 aromatic rings. The van der Waals surface area contributed by atoms with Crippen LogP contribution in [0.5, 0.6) is 0 Å². The zero-order chi connectivity index (χ0) is 14.3. The van der Waals surface area contributed by atoms with Crippen LogP contribution >= 0.6 is 27.3 Å². The maximum Gasteiger partial charge on any atom is 0.194 e. The molecule has 3 rings (SSSR count). The number of aryl methyl sites for hydroxylation is 2. The van der Waals surface area contributed by atoms with Gasteiger partial charge in [-0.05, 0) is 48.9 Å². The number of carbonyl (C=O) groups excluding carboxylic acids is 1. The molecule has 0 bridgehead atoms. The molecule has 3 heteroatoms. The molecule has 2 aromatic carbocycles. The molecule has 0 aliphatic rings. The van der Waals surface area contributed by atoms with Gasteiger partial charge in [-0.1, -0.05) is 34.1 Å². The summed E-state index contributed by atoms with van der Waals surface area (Å²) in [6.07, 6.45) is 0. The minimum atomic E-state index is 0.108.